The standard InChI is InChI=1S/C16H17F2N3O3S/c17-14-5-3-11(8-15(14)18)21-25(22,23)13-4-6-16(19-9-13)20-12-2-1-7-24-10-12/h3-6,8-9,12,21H,1-2,7,10H2,(H,19,20). The number of hydrogen-bond donors (Lipinski definition) is 2. The molecule has 1 saturated heterocycles. The maximum atomic E-state index is 13.2. The SMILES string of the molecule is O=S(=O)(Nc1ccc(F)c(F)c1)c1ccc(NC2CCCOC2)nc1. The third-order valence-corrected chi connectivity index (χ3v) is 5.10. The van der Waals surface area contributed by atoms with Gasteiger partial charge < -0.3 is 10.1 Å². The van der Waals surface area contributed by atoms with Crippen molar-refractivity contribution in [2.75, 3.05) is 23.3 Å². The maximum Gasteiger partial charge on any atom is 0.263 e. The summed E-state index contributed by atoms with van der Waals surface area (Å²) in [6.07, 6.45) is 3.12. The number of aromatic nitrogens is 1. The molecule has 2 heterocycles. The molecular weight excluding hydrogens is 352 g/mol. The molecule has 1 unspecified atom stereocenters. The van der Waals surface area contributed by atoms with Gasteiger partial charge in [0.1, 0.15) is 10.7 Å². The highest BCUT2D eigenvalue weighted by atomic mass is 32.2. The summed E-state index contributed by atoms with van der Waals surface area (Å²) in [5.74, 6) is -1.64. The van der Waals surface area contributed by atoms with Crippen LogP contribution in [0, 0.1) is 11.6 Å². The van der Waals surface area contributed by atoms with E-state index < -0.39 is 21.7 Å². The minimum absolute atomic E-state index is 0.0690. The van der Waals surface area contributed by atoms with Crippen molar-refractivity contribution in [1.29, 1.82) is 0 Å². The van der Waals surface area contributed by atoms with Crippen molar-refractivity contribution < 1.29 is 21.9 Å². The normalized spacial score (nSPS) is 17.9. The van der Waals surface area contributed by atoms with Gasteiger partial charge in [-0.2, -0.15) is 0 Å². The lowest BCUT2D eigenvalue weighted by Crippen LogP contribution is -2.30. The van der Waals surface area contributed by atoms with Crippen LogP contribution in [0.2, 0.25) is 0 Å². The predicted molar refractivity (Wildman–Crippen MR) is 88.9 cm³/mol. The maximum absolute atomic E-state index is 13.2. The lowest BCUT2D eigenvalue weighted by atomic mass is 10.1. The largest absolute Gasteiger partial charge is 0.379 e. The molecule has 0 saturated carbocycles. The van der Waals surface area contributed by atoms with E-state index in [2.05, 4.69) is 15.0 Å². The van der Waals surface area contributed by atoms with Crippen LogP contribution < -0.4 is 10.0 Å². The molecule has 0 amide bonds. The van der Waals surface area contributed by atoms with E-state index in [1.54, 1.807) is 6.07 Å². The van der Waals surface area contributed by atoms with Gasteiger partial charge in [0, 0.05) is 18.9 Å². The van der Waals surface area contributed by atoms with Crippen molar-refractivity contribution in [2.24, 2.45) is 0 Å². The number of nitrogens with zero attached hydrogens (tertiary/aromatic N) is 1. The summed E-state index contributed by atoms with van der Waals surface area (Å²) in [5.41, 5.74) is -0.0690. The topological polar surface area (TPSA) is 80.3 Å². The second kappa shape index (κ2) is 7.32. The summed E-state index contributed by atoms with van der Waals surface area (Å²) in [6.45, 7) is 1.33. The van der Waals surface area contributed by atoms with E-state index in [1.165, 1.54) is 12.3 Å². The van der Waals surface area contributed by atoms with Crippen LogP contribution in [0.1, 0.15) is 12.8 Å². The van der Waals surface area contributed by atoms with Gasteiger partial charge in [0.15, 0.2) is 11.6 Å². The Labute approximate surface area is 144 Å². The first kappa shape index (κ1) is 17.6. The highest BCUT2D eigenvalue weighted by molar-refractivity contribution is 7.92. The van der Waals surface area contributed by atoms with Crippen LogP contribution in [0.25, 0.3) is 0 Å². The summed E-state index contributed by atoms with van der Waals surface area (Å²) in [7, 11) is -3.95. The van der Waals surface area contributed by atoms with Crippen molar-refractivity contribution in [1.82, 2.24) is 4.98 Å². The van der Waals surface area contributed by atoms with Crippen molar-refractivity contribution in [3.63, 3.8) is 0 Å². The molecule has 0 aliphatic carbocycles. The number of rotatable bonds is 5. The van der Waals surface area contributed by atoms with Gasteiger partial charge in [-0.25, -0.2) is 22.2 Å². The zero-order valence-corrected chi connectivity index (χ0v) is 14.0. The molecule has 25 heavy (non-hydrogen) atoms. The van der Waals surface area contributed by atoms with Crippen molar-refractivity contribution in [3.8, 4) is 0 Å². The molecule has 0 spiro atoms. The Kier molecular flexibility index (Phi) is 5.14. The third-order valence-electron chi connectivity index (χ3n) is 3.73. The second-order valence-corrected chi connectivity index (χ2v) is 7.35. The Morgan fingerprint density at radius 2 is 2.00 bits per heavy atom. The highest BCUT2D eigenvalue weighted by Crippen LogP contribution is 2.19. The number of pyridine rings is 1. The fourth-order valence-corrected chi connectivity index (χ4v) is 3.46. The first-order valence-corrected chi connectivity index (χ1v) is 9.20. The fourth-order valence-electron chi connectivity index (χ4n) is 2.46. The van der Waals surface area contributed by atoms with E-state index in [9.17, 15) is 17.2 Å². The van der Waals surface area contributed by atoms with Crippen LogP contribution in [0.15, 0.2) is 41.4 Å². The summed E-state index contributed by atoms with van der Waals surface area (Å²) in [6, 6.07) is 5.85. The van der Waals surface area contributed by atoms with E-state index in [0.717, 1.165) is 37.6 Å². The molecule has 1 aliphatic rings. The lowest BCUT2D eigenvalue weighted by Gasteiger charge is -2.23. The Balaban J connectivity index is 1.70. The number of benzene rings is 1. The number of hydrogen-bond acceptors (Lipinski definition) is 5. The van der Waals surface area contributed by atoms with Crippen LogP contribution in [0.4, 0.5) is 20.3 Å². The van der Waals surface area contributed by atoms with E-state index in [-0.39, 0.29) is 16.6 Å². The Bertz CT molecular complexity index is 838. The molecular formula is C16H17F2N3O3S. The molecule has 0 radical (unpaired) electrons. The van der Waals surface area contributed by atoms with Gasteiger partial charge in [-0.3, -0.25) is 4.72 Å². The molecule has 0 bridgehead atoms. The molecule has 1 fully saturated rings. The number of nitrogens with one attached hydrogen (secondary N) is 2. The van der Waals surface area contributed by atoms with E-state index in [0.29, 0.717) is 12.4 Å². The summed E-state index contributed by atoms with van der Waals surface area (Å²) >= 11 is 0. The molecule has 1 aromatic carbocycles. The van der Waals surface area contributed by atoms with Gasteiger partial charge in [-0.1, -0.05) is 0 Å². The number of sulfonamides is 1. The van der Waals surface area contributed by atoms with Crippen LogP contribution >= 0.6 is 0 Å². The van der Waals surface area contributed by atoms with Crippen LogP contribution in [-0.2, 0) is 14.8 Å². The zero-order valence-electron chi connectivity index (χ0n) is 13.2. The van der Waals surface area contributed by atoms with E-state index in [4.69, 9.17) is 4.74 Å². The number of anilines is 2. The van der Waals surface area contributed by atoms with Gasteiger partial charge in [-0.05, 0) is 37.1 Å². The van der Waals surface area contributed by atoms with Crippen LogP contribution in [0.3, 0.4) is 0 Å². The number of halogens is 2. The second-order valence-electron chi connectivity index (χ2n) is 5.67. The van der Waals surface area contributed by atoms with Crippen LogP contribution in [0.5, 0.6) is 0 Å². The smallest absolute Gasteiger partial charge is 0.263 e. The Hall–Kier alpha value is -2.26. The molecule has 1 aliphatic heterocycles. The molecule has 1 atom stereocenters. The predicted octanol–water partition coefficient (Wildman–Crippen LogP) is 2.75. The minimum atomic E-state index is -3.95. The van der Waals surface area contributed by atoms with E-state index in [1.807, 2.05) is 0 Å². The molecule has 2 aromatic rings. The molecule has 6 nitrogen and oxygen atoms in total. The van der Waals surface area contributed by atoms with Gasteiger partial charge in [0.2, 0.25) is 0 Å². The molecule has 134 valence electrons. The highest BCUT2D eigenvalue weighted by Gasteiger charge is 2.17. The summed E-state index contributed by atoms with van der Waals surface area (Å²) < 4.78 is 58.2. The average molecular weight is 369 g/mol. The zero-order chi connectivity index (χ0) is 17.9. The molecule has 3 rings (SSSR count). The van der Waals surface area contributed by atoms with E-state index >= 15 is 0 Å². The minimum Gasteiger partial charge on any atom is -0.379 e. The van der Waals surface area contributed by atoms with Crippen LogP contribution in [-0.4, -0.2) is 32.7 Å². The monoisotopic (exact) mass is 369 g/mol. The number of ether oxygens (including phenoxy) is 1. The third kappa shape index (κ3) is 4.43. The fraction of sp³-hybridized carbons (Fsp3) is 0.312. The summed E-state index contributed by atoms with van der Waals surface area (Å²) in [5, 5.41) is 3.18. The lowest BCUT2D eigenvalue weighted by molar-refractivity contribution is 0.0875. The molecule has 9 heteroatoms. The van der Waals surface area contributed by atoms with Crippen molar-refractivity contribution in [3.05, 3.63) is 48.2 Å². The van der Waals surface area contributed by atoms with Gasteiger partial charge >= 0.3 is 0 Å². The van der Waals surface area contributed by atoms with Gasteiger partial charge in [0.05, 0.1) is 18.3 Å². The first-order valence-electron chi connectivity index (χ1n) is 7.72. The quantitative estimate of drug-likeness (QED) is 0.847. The average Bonchev–Trinajstić information content (AvgIpc) is 2.59. The van der Waals surface area contributed by atoms with Gasteiger partial charge in [-0.15, -0.1) is 0 Å². The summed E-state index contributed by atoms with van der Waals surface area (Å²) in [4.78, 5) is 4.01. The molecule has 1 aromatic heterocycles. The molecule has 2 N–H and O–H groups in total. The Morgan fingerprint density at radius 1 is 1.16 bits per heavy atom. The van der Waals surface area contributed by atoms with Crippen molar-refractivity contribution >= 4 is 21.5 Å². The van der Waals surface area contributed by atoms with Gasteiger partial charge in [0.25, 0.3) is 10.0 Å². The van der Waals surface area contributed by atoms with Crippen molar-refractivity contribution in [2.45, 2.75) is 23.8 Å². The Morgan fingerprint density at radius 3 is 2.64 bits per heavy atom. The first-order chi connectivity index (χ1) is 11.9.